The number of carbonyl (C=O) groups is 2. The maximum atomic E-state index is 13.7. The Labute approximate surface area is 213 Å². The maximum absolute atomic E-state index is 13.7. The number of benzene rings is 2. The van der Waals surface area contributed by atoms with Crippen molar-refractivity contribution in [2.45, 2.75) is 43.6 Å². The summed E-state index contributed by atoms with van der Waals surface area (Å²) in [4.78, 5) is 30.4. The van der Waals surface area contributed by atoms with Crippen molar-refractivity contribution < 1.29 is 14.0 Å². The lowest BCUT2D eigenvalue weighted by Crippen LogP contribution is -2.53. The molecule has 1 saturated heterocycles. The fourth-order valence-electron chi connectivity index (χ4n) is 4.83. The lowest BCUT2D eigenvalue weighted by molar-refractivity contribution is -0.133. The molecular weight excluding hydrogens is 479 g/mol. The summed E-state index contributed by atoms with van der Waals surface area (Å²) in [5, 5.41) is 5.31. The average molecular weight is 507 g/mol. The van der Waals surface area contributed by atoms with Gasteiger partial charge in [0.25, 0.3) is 5.91 Å². The lowest BCUT2D eigenvalue weighted by atomic mass is 9.83. The Morgan fingerprint density at radius 2 is 1.86 bits per heavy atom. The standard InChI is InChI=1S/C28H27FN2O2S2/c29-22-11-8-20(9-12-22)18-31-24-16-21(27(32)30-17-23-7-4-14-34-23)10-13-25(24)35-26(28(31)33)15-19-5-2-1-3-6-19/h1-9,11-12,14-15,21,24-25H,10,13,16-18H2,(H,30,32)/b26-15-. The Balaban J connectivity index is 1.36. The van der Waals surface area contributed by atoms with Crippen LogP contribution in [0.3, 0.4) is 0 Å². The third kappa shape index (κ3) is 5.68. The van der Waals surface area contributed by atoms with Crippen LogP contribution in [0.5, 0.6) is 0 Å². The molecule has 1 aromatic heterocycles. The van der Waals surface area contributed by atoms with Crippen molar-refractivity contribution in [1.29, 1.82) is 0 Å². The third-order valence-corrected chi connectivity index (χ3v) is 8.93. The van der Waals surface area contributed by atoms with Crippen molar-refractivity contribution in [3.8, 4) is 0 Å². The Hall–Kier alpha value is -2.90. The van der Waals surface area contributed by atoms with E-state index in [0.717, 1.165) is 33.8 Å². The molecule has 1 aliphatic heterocycles. The predicted molar refractivity (Wildman–Crippen MR) is 140 cm³/mol. The van der Waals surface area contributed by atoms with E-state index < -0.39 is 0 Å². The molecule has 35 heavy (non-hydrogen) atoms. The van der Waals surface area contributed by atoms with E-state index in [9.17, 15) is 14.0 Å². The van der Waals surface area contributed by atoms with Gasteiger partial charge in [-0.05, 0) is 60.0 Å². The highest BCUT2D eigenvalue weighted by molar-refractivity contribution is 8.04. The highest BCUT2D eigenvalue weighted by atomic mass is 32.2. The van der Waals surface area contributed by atoms with Crippen molar-refractivity contribution in [3.63, 3.8) is 0 Å². The van der Waals surface area contributed by atoms with Gasteiger partial charge in [0.05, 0.1) is 11.4 Å². The summed E-state index contributed by atoms with van der Waals surface area (Å²) in [6.07, 6.45) is 4.27. The van der Waals surface area contributed by atoms with E-state index in [2.05, 4.69) is 5.32 Å². The quantitative estimate of drug-likeness (QED) is 0.426. The first-order chi connectivity index (χ1) is 17.1. The van der Waals surface area contributed by atoms with E-state index in [4.69, 9.17) is 0 Å². The molecular formula is C28H27FN2O2S2. The van der Waals surface area contributed by atoms with Gasteiger partial charge in [-0.25, -0.2) is 4.39 Å². The first-order valence-electron chi connectivity index (χ1n) is 11.9. The fraction of sp³-hybridized carbons (Fsp3) is 0.286. The van der Waals surface area contributed by atoms with Gasteiger partial charge in [-0.1, -0.05) is 48.5 Å². The van der Waals surface area contributed by atoms with Gasteiger partial charge in [0.15, 0.2) is 0 Å². The Kier molecular flexibility index (Phi) is 7.35. The van der Waals surface area contributed by atoms with Crippen LogP contribution in [-0.2, 0) is 22.7 Å². The topological polar surface area (TPSA) is 49.4 Å². The SMILES string of the molecule is O=C(NCc1cccs1)C1CCC2S/C(=C\c3ccccc3)C(=O)N(Cc3ccc(F)cc3)C2C1. The van der Waals surface area contributed by atoms with Crippen molar-refractivity contribution in [1.82, 2.24) is 10.2 Å². The predicted octanol–water partition coefficient (Wildman–Crippen LogP) is 5.86. The molecule has 2 heterocycles. The van der Waals surface area contributed by atoms with Crippen molar-refractivity contribution >= 4 is 41.0 Å². The third-order valence-electron chi connectivity index (χ3n) is 6.66. The minimum absolute atomic E-state index is 0.0240. The number of carbonyl (C=O) groups excluding carboxylic acids is 2. The number of nitrogens with zero attached hydrogens (tertiary/aromatic N) is 1. The van der Waals surface area contributed by atoms with Crippen LogP contribution in [0.4, 0.5) is 4.39 Å². The van der Waals surface area contributed by atoms with Crippen molar-refractivity contribution in [2.75, 3.05) is 0 Å². The van der Waals surface area contributed by atoms with E-state index in [1.165, 1.54) is 12.1 Å². The van der Waals surface area contributed by atoms with Crippen LogP contribution >= 0.6 is 23.1 Å². The van der Waals surface area contributed by atoms with E-state index >= 15 is 0 Å². The summed E-state index contributed by atoms with van der Waals surface area (Å²) in [6, 6.07) is 20.1. The van der Waals surface area contributed by atoms with Crippen LogP contribution in [0.2, 0.25) is 0 Å². The molecule has 2 fully saturated rings. The number of thiophene rings is 1. The highest BCUT2D eigenvalue weighted by Crippen LogP contribution is 2.44. The number of fused-ring (bicyclic) bond motifs is 1. The molecule has 3 unspecified atom stereocenters. The first kappa shape index (κ1) is 23.8. The molecule has 1 saturated carbocycles. The molecule has 1 aliphatic carbocycles. The van der Waals surface area contributed by atoms with E-state index in [0.29, 0.717) is 19.5 Å². The van der Waals surface area contributed by atoms with Crippen LogP contribution in [-0.4, -0.2) is 28.0 Å². The fourth-order valence-corrected chi connectivity index (χ4v) is 6.89. The normalized spacial score (nSPS) is 23.2. The number of hydrogen-bond donors (Lipinski definition) is 1. The summed E-state index contributed by atoms with van der Waals surface area (Å²) in [6.45, 7) is 0.939. The Bertz CT molecular complexity index is 1200. The molecule has 0 radical (unpaired) electrons. The first-order valence-corrected chi connectivity index (χ1v) is 13.6. The molecule has 2 aromatic carbocycles. The number of rotatable bonds is 6. The van der Waals surface area contributed by atoms with Gasteiger partial charge >= 0.3 is 0 Å². The largest absolute Gasteiger partial charge is 0.351 e. The smallest absolute Gasteiger partial charge is 0.260 e. The summed E-state index contributed by atoms with van der Waals surface area (Å²) < 4.78 is 13.5. The minimum Gasteiger partial charge on any atom is -0.351 e. The summed E-state index contributed by atoms with van der Waals surface area (Å²) in [7, 11) is 0. The van der Waals surface area contributed by atoms with E-state index in [1.807, 2.05) is 58.8 Å². The van der Waals surface area contributed by atoms with Gasteiger partial charge in [0.2, 0.25) is 5.91 Å². The average Bonchev–Trinajstić information content (AvgIpc) is 3.40. The molecule has 3 atom stereocenters. The molecule has 5 rings (SSSR count). The molecule has 7 heteroatoms. The minimum atomic E-state index is -0.294. The summed E-state index contributed by atoms with van der Waals surface area (Å²) in [5.41, 5.74) is 1.87. The number of halogens is 1. The second-order valence-electron chi connectivity index (χ2n) is 9.01. The van der Waals surface area contributed by atoms with Crippen molar-refractivity contribution in [3.05, 3.63) is 98.8 Å². The molecule has 0 bridgehead atoms. The zero-order chi connectivity index (χ0) is 24.2. The molecule has 1 N–H and O–H groups in total. The summed E-state index contributed by atoms with van der Waals surface area (Å²) in [5.74, 6) is -0.386. The van der Waals surface area contributed by atoms with Gasteiger partial charge in [-0.2, -0.15) is 0 Å². The molecule has 4 nitrogen and oxygen atoms in total. The van der Waals surface area contributed by atoms with Gasteiger partial charge in [-0.15, -0.1) is 23.1 Å². The maximum Gasteiger partial charge on any atom is 0.260 e. The lowest BCUT2D eigenvalue weighted by Gasteiger charge is -2.46. The van der Waals surface area contributed by atoms with E-state index in [-0.39, 0.29) is 34.8 Å². The van der Waals surface area contributed by atoms with Crippen molar-refractivity contribution in [2.24, 2.45) is 5.92 Å². The van der Waals surface area contributed by atoms with Crippen LogP contribution in [0.15, 0.2) is 77.0 Å². The monoisotopic (exact) mass is 506 g/mol. The van der Waals surface area contributed by atoms with Crippen LogP contribution < -0.4 is 5.32 Å². The molecule has 0 spiro atoms. The van der Waals surface area contributed by atoms with Gasteiger partial charge in [0, 0.05) is 28.6 Å². The summed E-state index contributed by atoms with van der Waals surface area (Å²) >= 11 is 3.27. The van der Waals surface area contributed by atoms with Crippen LogP contribution in [0.25, 0.3) is 6.08 Å². The van der Waals surface area contributed by atoms with Gasteiger partial charge in [-0.3, -0.25) is 9.59 Å². The number of thioether (sulfide) groups is 1. The number of nitrogens with one attached hydrogen (secondary N) is 1. The van der Waals surface area contributed by atoms with Crippen LogP contribution in [0, 0.1) is 11.7 Å². The number of hydrogen-bond acceptors (Lipinski definition) is 4. The van der Waals surface area contributed by atoms with Gasteiger partial charge < -0.3 is 10.2 Å². The van der Waals surface area contributed by atoms with E-state index in [1.54, 1.807) is 35.2 Å². The second-order valence-corrected chi connectivity index (χ2v) is 11.3. The second kappa shape index (κ2) is 10.8. The Morgan fingerprint density at radius 3 is 2.60 bits per heavy atom. The number of amides is 2. The Morgan fingerprint density at radius 1 is 1.06 bits per heavy atom. The van der Waals surface area contributed by atoms with Crippen LogP contribution in [0.1, 0.15) is 35.3 Å². The van der Waals surface area contributed by atoms with Gasteiger partial charge in [0.1, 0.15) is 5.82 Å². The molecule has 2 amide bonds. The molecule has 2 aliphatic rings. The highest BCUT2D eigenvalue weighted by Gasteiger charge is 2.44. The zero-order valence-corrected chi connectivity index (χ0v) is 20.9. The molecule has 3 aromatic rings. The zero-order valence-electron chi connectivity index (χ0n) is 19.2. The molecule has 180 valence electrons.